The summed E-state index contributed by atoms with van der Waals surface area (Å²) in [7, 11) is 1.59. The number of rotatable bonds is 7. The van der Waals surface area contributed by atoms with Crippen LogP contribution in [-0.4, -0.2) is 49.5 Å². The molecule has 1 aliphatic heterocycles. The highest BCUT2D eigenvalue weighted by atomic mass is 32.1. The normalized spacial score (nSPS) is 15.6. The minimum Gasteiger partial charge on any atom is -0.497 e. The summed E-state index contributed by atoms with van der Waals surface area (Å²) in [5.74, 6) is -0.360. The van der Waals surface area contributed by atoms with E-state index in [4.69, 9.17) is 9.47 Å². The van der Waals surface area contributed by atoms with E-state index in [0.29, 0.717) is 46.3 Å². The van der Waals surface area contributed by atoms with E-state index in [-0.39, 0.29) is 24.3 Å². The molecule has 1 saturated heterocycles. The second kappa shape index (κ2) is 10.8. The molecule has 1 fully saturated rings. The minimum absolute atomic E-state index is 0.0439. The highest BCUT2D eigenvalue weighted by molar-refractivity contribution is 7.15. The molecule has 1 unspecified atom stereocenters. The number of esters is 1. The van der Waals surface area contributed by atoms with Gasteiger partial charge in [0.25, 0.3) is 5.91 Å². The summed E-state index contributed by atoms with van der Waals surface area (Å²) in [5.41, 5.74) is 1.86. The number of carbonyl (C=O) groups excluding carboxylic acids is 3. The number of nitrogens with zero attached hydrogens (tertiary/aromatic N) is 1. The van der Waals surface area contributed by atoms with Gasteiger partial charge in [-0.25, -0.2) is 4.79 Å². The van der Waals surface area contributed by atoms with Crippen molar-refractivity contribution in [2.24, 2.45) is 5.92 Å². The van der Waals surface area contributed by atoms with Crippen molar-refractivity contribution in [2.75, 3.05) is 32.1 Å². The summed E-state index contributed by atoms with van der Waals surface area (Å²) in [4.78, 5) is 41.2. The van der Waals surface area contributed by atoms with Crippen molar-refractivity contribution in [2.45, 2.75) is 19.8 Å². The molecule has 34 heavy (non-hydrogen) atoms. The Balaban J connectivity index is 1.54. The Hall–Kier alpha value is -3.17. The van der Waals surface area contributed by atoms with Gasteiger partial charge in [-0.3, -0.25) is 9.59 Å². The van der Waals surface area contributed by atoms with Gasteiger partial charge >= 0.3 is 5.97 Å². The van der Waals surface area contributed by atoms with Crippen LogP contribution in [-0.2, 0) is 9.53 Å². The van der Waals surface area contributed by atoms with Crippen LogP contribution in [0.3, 0.4) is 0 Å². The molecule has 3 aromatic rings. The molecule has 9 heteroatoms. The molecular formula is C25H26N2O5S2. The van der Waals surface area contributed by atoms with Crippen molar-refractivity contribution in [3.63, 3.8) is 0 Å². The molecule has 1 aliphatic rings. The zero-order valence-corrected chi connectivity index (χ0v) is 20.7. The maximum Gasteiger partial charge on any atom is 0.341 e. The third-order valence-electron chi connectivity index (χ3n) is 5.72. The van der Waals surface area contributed by atoms with Crippen molar-refractivity contribution >= 4 is 45.5 Å². The van der Waals surface area contributed by atoms with Gasteiger partial charge in [-0.05, 0) is 48.9 Å². The van der Waals surface area contributed by atoms with Gasteiger partial charge in [-0.1, -0.05) is 18.2 Å². The van der Waals surface area contributed by atoms with Gasteiger partial charge in [-0.15, -0.1) is 22.7 Å². The predicted molar refractivity (Wildman–Crippen MR) is 134 cm³/mol. The Morgan fingerprint density at radius 1 is 1.15 bits per heavy atom. The van der Waals surface area contributed by atoms with Gasteiger partial charge < -0.3 is 19.7 Å². The van der Waals surface area contributed by atoms with Crippen LogP contribution in [0.25, 0.3) is 11.1 Å². The number of likely N-dealkylation sites (tertiary alicyclic amines) is 1. The third kappa shape index (κ3) is 5.15. The van der Waals surface area contributed by atoms with E-state index < -0.39 is 5.97 Å². The van der Waals surface area contributed by atoms with Crippen LogP contribution in [0.15, 0.2) is 47.2 Å². The average molecular weight is 499 g/mol. The summed E-state index contributed by atoms with van der Waals surface area (Å²) < 4.78 is 10.5. The van der Waals surface area contributed by atoms with Crippen LogP contribution >= 0.6 is 22.7 Å². The number of amides is 2. The topological polar surface area (TPSA) is 84.9 Å². The quantitative estimate of drug-likeness (QED) is 0.455. The lowest BCUT2D eigenvalue weighted by Gasteiger charge is -2.31. The molecule has 2 amide bonds. The molecule has 1 N–H and O–H groups in total. The fourth-order valence-corrected chi connectivity index (χ4v) is 5.64. The van der Waals surface area contributed by atoms with Gasteiger partial charge in [0, 0.05) is 24.0 Å². The maximum absolute atomic E-state index is 13.2. The van der Waals surface area contributed by atoms with Gasteiger partial charge in [-0.2, -0.15) is 0 Å². The lowest BCUT2D eigenvalue weighted by molar-refractivity contribution is -0.121. The Morgan fingerprint density at radius 2 is 1.94 bits per heavy atom. The number of benzene rings is 1. The first kappa shape index (κ1) is 24.0. The fraction of sp³-hybridized carbons (Fsp3) is 0.320. The van der Waals surface area contributed by atoms with Gasteiger partial charge in [0.05, 0.1) is 24.5 Å². The summed E-state index contributed by atoms with van der Waals surface area (Å²) in [6.45, 7) is 2.96. The second-order valence-electron chi connectivity index (χ2n) is 7.86. The summed E-state index contributed by atoms with van der Waals surface area (Å²) >= 11 is 2.69. The number of nitrogens with one attached hydrogen (secondary N) is 1. The number of hydrogen-bond donors (Lipinski definition) is 1. The van der Waals surface area contributed by atoms with Crippen molar-refractivity contribution in [3.05, 3.63) is 57.6 Å². The molecule has 7 nitrogen and oxygen atoms in total. The lowest BCUT2D eigenvalue weighted by Crippen LogP contribution is -2.43. The molecule has 1 atom stereocenters. The number of carbonyl (C=O) groups is 3. The summed E-state index contributed by atoms with van der Waals surface area (Å²) in [5, 5.41) is 7.11. The molecule has 178 valence electrons. The monoisotopic (exact) mass is 498 g/mol. The fourth-order valence-electron chi connectivity index (χ4n) is 3.98. The SMILES string of the molecule is CCOC(=O)c1c(-c2ccc(OC)cc2)csc1NC(=O)C1CCCN(C(=O)c2cccs2)C1. The Kier molecular flexibility index (Phi) is 7.64. The number of anilines is 1. The smallest absolute Gasteiger partial charge is 0.341 e. The molecule has 0 spiro atoms. The van der Waals surface area contributed by atoms with Crippen LogP contribution in [0, 0.1) is 5.92 Å². The molecule has 2 aromatic heterocycles. The number of ether oxygens (including phenoxy) is 2. The first-order valence-electron chi connectivity index (χ1n) is 11.1. The largest absolute Gasteiger partial charge is 0.497 e. The zero-order valence-electron chi connectivity index (χ0n) is 19.0. The second-order valence-corrected chi connectivity index (χ2v) is 9.69. The van der Waals surface area contributed by atoms with Crippen molar-refractivity contribution in [1.82, 2.24) is 4.90 Å². The van der Waals surface area contributed by atoms with E-state index >= 15 is 0 Å². The lowest BCUT2D eigenvalue weighted by atomic mass is 9.96. The van der Waals surface area contributed by atoms with Crippen LogP contribution in [0.5, 0.6) is 5.75 Å². The summed E-state index contributed by atoms with van der Waals surface area (Å²) in [6.07, 6.45) is 1.44. The standard InChI is InChI=1S/C25H26N2O5S2/c1-3-32-25(30)21-19(16-8-10-18(31-2)11-9-16)15-34-23(21)26-22(28)17-6-4-12-27(14-17)24(29)20-7-5-13-33-20/h5,7-11,13,15,17H,3-4,6,12,14H2,1-2H3,(H,26,28). The van der Waals surface area contributed by atoms with Crippen molar-refractivity contribution in [3.8, 4) is 16.9 Å². The highest BCUT2D eigenvalue weighted by Crippen LogP contribution is 2.37. The predicted octanol–water partition coefficient (Wildman–Crippen LogP) is 5.15. The van der Waals surface area contributed by atoms with E-state index in [0.717, 1.165) is 12.0 Å². The third-order valence-corrected chi connectivity index (χ3v) is 7.47. The molecule has 4 rings (SSSR count). The average Bonchev–Trinajstić information content (AvgIpc) is 3.54. The molecule has 3 heterocycles. The van der Waals surface area contributed by atoms with E-state index in [1.165, 1.54) is 22.7 Å². The van der Waals surface area contributed by atoms with E-state index in [2.05, 4.69) is 5.32 Å². The zero-order chi connectivity index (χ0) is 24.1. The van der Waals surface area contributed by atoms with Crippen molar-refractivity contribution in [1.29, 1.82) is 0 Å². The Morgan fingerprint density at radius 3 is 2.62 bits per heavy atom. The van der Waals surface area contributed by atoms with E-state index in [1.54, 1.807) is 25.0 Å². The van der Waals surface area contributed by atoms with Gasteiger partial charge in [0.1, 0.15) is 16.3 Å². The van der Waals surface area contributed by atoms with E-state index in [9.17, 15) is 14.4 Å². The highest BCUT2D eigenvalue weighted by Gasteiger charge is 2.31. The molecule has 0 radical (unpaired) electrons. The number of hydrogen-bond acceptors (Lipinski definition) is 7. The van der Waals surface area contributed by atoms with Gasteiger partial charge in [0.2, 0.25) is 5.91 Å². The summed E-state index contributed by atoms with van der Waals surface area (Å²) in [6, 6.07) is 11.0. The Labute approximate surface area is 206 Å². The molecule has 0 saturated carbocycles. The van der Waals surface area contributed by atoms with Crippen LogP contribution in [0.4, 0.5) is 5.00 Å². The van der Waals surface area contributed by atoms with Crippen LogP contribution < -0.4 is 10.1 Å². The van der Waals surface area contributed by atoms with Crippen molar-refractivity contribution < 1.29 is 23.9 Å². The molecule has 0 aliphatic carbocycles. The first-order valence-corrected chi connectivity index (χ1v) is 12.8. The molecule has 0 bridgehead atoms. The number of piperidine rings is 1. The van der Waals surface area contributed by atoms with Gasteiger partial charge in [0.15, 0.2) is 0 Å². The van der Waals surface area contributed by atoms with Crippen LogP contribution in [0.2, 0.25) is 0 Å². The minimum atomic E-state index is -0.483. The molecule has 1 aromatic carbocycles. The maximum atomic E-state index is 13.2. The number of thiophene rings is 2. The first-order chi connectivity index (χ1) is 16.5. The van der Waals surface area contributed by atoms with E-state index in [1.807, 2.05) is 41.1 Å². The Bertz CT molecular complexity index is 1150. The van der Waals surface area contributed by atoms with Crippen LogP contribution in [0.1, 0.15) is 39.8 Å². The number of methoxy groups -OCH3 is 1. The molecular weight excluding hydrogens is 472 g/mol.